The Balaban J connectivity index is 2.24. The van der Waals surface area contributed by atoms with Gasteiger partial charge in [0.15, 0.2) is 11.2 Å². The van der Waals surface area contributed by atoms with Gasteiger partial charge in [-0.1, -0.05) is 6.07 Å². The molecule has 0 fully saturated rings. The number of hydrogen-bond donors (Lipinski definition) is 1. The molecule has 0 aliphatic carbocycles. The number of fused-ring (bicyclic) bond motifs is 1. The van der Waals surface area contributed by atoms with E-state index in [1.165, 1.54) is 24.3 Å². The zero-order valence-electron chi connectivity index (χ0n) is 10.2. The summed E-state index contributed by atoms with van der Waals surface area (Å²) in [5, 5.41) is 9.17. The van der Waals surface area contributed by atoms with Crippen molar-refractivity contribution in [2.24, 2.45) is 0 Å². The van der Waals surface area contributed by atoms with Gasteiger partial charge in [-0.25, -0.2) is 4.79 Å². The number of aromatic nitrogens is 1. The molecule has 1 aromatic carbocycles. The van der Waals surface area contributed by atoms with Gasteiger partial charge in [-0.05, 0) is 30.3 Å². The summed E-state index contributed by atoms with van der Waals surface area (Å²) in [7, 11) is 0. The quantitative estimate of drug-likeness (QED) is 0.771. The minimum absolute atomic E-state index is 0.0513. The Bertz CT molecular complexity index is 853. The van der Waals surface area contributed by atoms with Gasteiger partial charge in [0, 0.05) is 12.3 Å². The van der Waals surface area contributed by atoms with Crippen LogP contribution in [0.5, 0.6) is 0 Å². The number of rotatable bonds is 2. The van der Waals surface area contributed by atoms with Gasteiger partial charge >= 0.3 is 5.97 Å². The molecule has 0 aliphatic heterocycles. The highest BCUT2D eigenvalue weighted by Gasteiger charge is 2.10. The van der Waals surface area contributed by atoms with Crippen LogP contribution in [0.1, 0.15) is 10.4 Å². The molecule has 2 aromatic heterocycles. The van der Waals surface area contributed by atoms with Gasteiger partial charge in [0.1, 0.15) is 11.3 Å². The number of benzene rings is 1. The van der Waals surface area contributed by atoms with E-state index in [-0.39, 0.29) is 16.4 Å². The zero-order chi connectivity index (χ0) is 14.1. The maximum atomic E-state index is 12.1. The fraction of sp³-hybridized carbons (Fsp3) is 0. The third-order valence-electron chi connectivity index (χ3n) is 2.89. The molecule has 0 saturated carbocycles. The van der Waals surface area contributed by atoms with Crippen LogP contribution in [0.2, 0.25) is 0 Å². The Hall–Kier alpha value is -2.95. The van der Waals surface area contributed by atoms with E-state index >= 15 is 0 Å². The van der Waals surface area contributed by atoms with Gasteiger partial charge in [0.05, 0.1) is 10.9 Å². The number of carboxylic acids is 1. The van der Waals surface area contributed by atoms with Gasteiger partial charge in [-0.3, -0.25) is 9.78 Å². The maximum absolute atomic E-state index is 12.1. The van der Waals surface area contributed by atoms with Gasteiger partial charge in [0.25, 0.3) is 0 Å². The summed E-state index contributed by atoms with van der Waals surface area (Å²) >= 11 is 0. The summed E-state index contributed by atoms with van der Waals surface area (Å²) in [5.74, 6) is -0.730. The van der Waals surface area contributed by atoms with E-state index in [4.69, 9.17) is 9.52 Å². The van der Waals surface area contributed by atoms with Gasteiger partial charge in [-0.2, -0.15) is 0 Å². The molecule has 98 valence electrons. The van der Waals surface area contributed by atoms with Crippen molar-refractivity contribution < 1.29 is 14.3 Å². The lowest BCUT2D eigenvalue weighted by Gasteiger charge is -2.03. The van der Waals surface area contributed by atoms with Crippen LogP contribution in [-0.2, 0) is 0 Å². The Morgan fingerprint density at radius 3 is 2.70 bits per heavy atom. The molecule has 0 spiro atoms. The molecule has 0 atom stereocenters. The van der Waals surface area contributed by atoms with Crippen molar-refractivity contribution in [2.45, 2.75) is 0 Å². The fourth-order valence-corrected chi connectivity index (χ4v) is 1.92. The highest BCUT2D eigenvalue weighted by molar-refractivity contribution is 5.92. The molecular formula is C15H9NO4. The van der Waals surface area contributed by atoms with E-state index in [0.717, 1.165) is 0 Å². The molecule has 0 bridgehead atoms. The van der Waals surface area contributed by atoms with Gasteiger partial charge in [-0.15, -0.1) is 0 Å². The van der Waals surface area contributed by atoms with Crippen molar-refractivity contribution in [3.63, 3.8) is 0 Å². The first kappa shape index (κ1) is 12.1. The molecule has 1 N–H and O–H groups in total. The van der Waals surface area contributed by atoms with E-state index in [1.54, 1.807) is 24.4 Å². The lowest BCUT2D eigenvalue weighted by atomic mass is 10.1. The molecule has 2 heterocycles. The van der Waals surface area contributed by atoms with Crippen molar-refractivity contribution in [2.75, 3.05) is 0 Å². The predicted molar refractivity (Wildman–Crippen MR) is 72.7 cm³/mol. The minimum atomic E-state index is -1.08. The van der Waals surface area contributed by atoms with Gasteiger partial charge < -0.3 is 9.52 Å². The van der Waals surface area contributed by atoms with Crippen LogP contribution in [0.25, 0.3) is 22.4 Å². The van der Waals surface area contributed by atoms with Crippen molar-refractivity contribution in [3.8, 4) is 11.5 Å². The summed E-state index contributed by atoms with van der Waals surface area (Å²) in [4.78, 5) is 27.1. The molecule has 3 aromatic rings. The second-order valence-electron chi connectivity index (χ2n) is 4.21. The number of nitrogens with zero attached hydrogens (tertiary/aromatic N) is 1. The highest BCUT2D eigenvalue weighted by Crippen LogP contribution is 2.20. The molecule has 0 unspecified atom stereocenters. The van der Waals surface area contributed by atoms with Crippen LogP contribution in [0.3, 0.4) is 0 Å². The molecule has 0 radical (unpaired) electrons. The van der Waals surface area contributed by atoms with Crippen molar-refractivity contribution in [1.82, 2.24) is 4.98 Å². The van der Waals surface area contributed by atoms with E-state index in [1.807, 2.05) is 0 Å². The molecule has 0 amide bonds. The summed E-state index contributed by atoms with van der Waals surface area (Å²) < 4.78 is 5.61. The number of hydrogen-bond acceptors (Lipinski definition) is 4. The first-order valence-electron chi connectivity index (χ1n) is 5.88. The van der Waals surface area contributed by atoms with Crippen LogP contribution in [0.15, 0.2) is 57.9 Å². The summed E-state index contributed by atoms with van der Waals surface area (Å²) in [6.07, 6.45) is 1.60. The first-order chi connectivity index (χ1) is 9.65. The predicted octanol–water partition coefficient (Wildman–Crippen LogP) is 2.55. The lowest BCUT2D eigenvalue weighted by molar-refractivity contribution is 0.0697. The number of carboxylic acid groups (broad SMARTS) is 1. The third kappa shape index (κ3) is 2.05. The Morgan fingerprint density at radius 1 is 1.15 bits per heavy atom. The van der Waals surface area contributed by atoms with E-state index in [9.17, 15) is 9.59 Å². The molecule has 0 aliphatic rings. The number of aromatic carboxylic acids is 1. The Morgan fingerprint density at radius 2 is 2.00 bits per heavy atom. The molecule has 20 heavy (non-hydrogen) atoms. The maximum Gasteiger partial charge on any atom is 0.335 e. The molecule has 3 rings (SSSR count). The highest BCUT2D eigenvalue weighted by atomic mass is 16.4. The topological polar surface area (TPSA) is 80.4 Å². The molecule has 0 saturated heterocycles. The average molecular weight is 267 g/mol. The van der Waals surface area contributed by atoms with Crippen LogP contribution in [-0.4, -0.2) is 16.1 Å². The standard InChI is InChI=1S/C15H9NO4/c17-12-8-14(11-3-1-2-6-16-11)20-13-5-4-9(15(18)19)7-10(12)13/h1-8H,(H,18,19). The number of carbonyl (C=O) groups is 1. The third-order valence-corrected chi connectivity index (χ3v) is 2.89. The van der Waals surface area contributed by atoms with Crippen molar-refractivity contribution >= 4 is 16.9 Å². The zero-order valence-corrected chi connectivity index (χ0v) is 10.2. The smallest absolute Gasteiger partial charge is 0.335 e. The van der Waals surface area contributed by atoms with Gasteiger partial charge in [0.2, 0.25) is 0 Å². The molecule has 5 heteroatoms. The minimum Gasteiger partial charge on any atom is -0.478 e. The fourth-order valence-electron chi connectivity index (χ4n) is 1.92. The van der Waals surface area contributed by atoms with Crippen LogP contribution >= 0.6 is 0 Å². The lowest BCUT2D eigenvalue weighted by Crippen LogP contribution is -2.03. The van der Waals surface area contributed by atoms with E-state index in [0.29, 0.717) is 17.0 Å². The summed E-state index contributed by atoms with van der Waals surface area (Å²) in [5.41, 5.74) is 0.641. The van der Waals surface area contributed by atoms with Crippen LogP contribution < -0.4 is 5.43 Å². The Labute approximate surface area is 113 Å². The van der Waals surface area contributed by atoms with Crippen LogP contribution in [0, 0.1) is 0 Å². The van der Waals surface area contributed by atoms with E-state index < -0.39 is 5.97 Å². The molecule has 5 nitrogen and oxygen atoms in total. The average Bonchev–Trinajstić information content (AvgIpc) is 2.47. The van der Waals surface area contributed by atoms with E-state index in [2.05, 4.69) is 4.98 Å². The largest absolute Gasteiger partial charge is 0.478 e. The second kappa shape index (κ2) is 4.62. The van der Waals surface area contributed by atoms with Crippen LogP contribution in [0.4, 0.5) is 0 Å². The van der Waals surface area contributed by atoms with Crippen molar-refractivity contribution in [1.29, 1.82) is 0 Å². The monoisotopic (exact) mass is 267 g/mol. The number of pyridine rings is 1. The Kier molecular flexibility index (Phi) is 2.80. The van der Waals surface area contributed by atoms with Crippen molar-refractivity contribution in [3.05, 3.63) is 64.4 Å². The normalized spacial score (nSPS) is 10.6. The summed E-state index contributed by atoms with van der Waals surface area (Å²) in [6.45, 7) is 0. The molecular weight excluding hydrogens is 258 g/mol. The SMILES string of the molecule is O=C(O)c1ccc2oc(-c3ccccn3)cc(=O)c2c1. The first-order valence-corrected chi connectivity index (χ1v) is 5.88. The second-order valence-corrected chi connectivity index (χ2v) is 4.21. The summed E-state index contributed by atoms with van der Waals surface area (Å²) in [6, 6.07) is 10.8.